The van der Waals surface area contributed by atoms with E-state index in [4.69, 9.17) is 0 Å². The summed E-state index contributed by atoms with van der Waals surface area (Å²) >= 11 is 4.82. The number of esters is 1. The van der Waals surface area contributed by atoms with Crippen molar-refractivity contribution in [1.29, 1.82) is 0 Å². The monoisotopic (exact) mass is 431 g/mol. The van der Waals surface area contributed by atoms with Crippen LogP contribution < -0.4 is 5.32 Å². The second-order valence-corrected chi connectivity index (χ2v) is 7.34. The molecule has 3 rings (SSSR count). The van der Waals surface area contributed by atoms with Gasteiger partial charge < -0.3 is 4.74 Å². The molecule has 0 saturated heterocycles. The highest BCUT2D eigenvalue weighted by Gasteiger charge is 2.12. The smallest absolute Gasteiger partial charge is 0.339 e. The number of carbonyl (C=O) groups is 2. The van der Waals surface area contributed by atoms with E-state index < -0.39 is 5.97 Å². The van der Waals surface area contributed by atoms with E-state index in [1.807, 2.05) is 24.3 Å². The zero-order valence-corrected chi connectivity index (χ0v) is 16.1. The highest BCUT2D eigenvalue weighted by molar-refractivity contribution is 9.10. The lowest BCUT2D eigenvalue weighted by molar-refractivity contribution is 0.0600. The molecule has 0 aliphatic carbocycles. The van der Waals surface area contributed by atoms with Crippen molar-refractivity contribution in [3.63, 3.8) is 0 Å². The third-order valence-electron chi connectivity index (χ3n) is 3.48. The van der Waals surface area contributed by atoms with Gasteiger partial charge in [-0.2, -0.15) is 0 Å². The molecule has 1 N–H and O–H groups in total. The number of thiazole rings is 1. The molecule has 6 nitrogen and oxygen atoms in total. The van der Waals surface area contributed by atoms with Gasteiger partial charge in [-0.3, -0.25) is 15.1 Å². The van der Waals surface area contributed by atoms with Crippen LogP contribution in [0.3, 0.4) is 0 Å². The van der Waals surface area contributed by atoms with Gasteiger partial charge in [0.2, 0.25) is 0 Å². The summed E-state index contributed by atoms with van der Waals surface area (Å²) in [5.74, 6) is -0.882. The number of ether oxygens (including phenoxy) is 1. The first kappa shape index (κ1) is 18.2. The molecule has 0 unspecified atom stereocenters. The van der Waals surface area contributed by atoms with Crippen molar-refractivity contribution in [2.75, 3.05) is 12.4 Å². The molecule has 0 radical (unpaired) electrons. The molecule has 0 atom stereocenters. The fraction of sp³-hybridized carbons (Fsp3) is 0.111. The van der Waals surface area contributed by atoms with Crippen molar-refractivity contribution in [1.82, 2.24) is 9.97 Å². The van der Waals surface area contributed by atoms with E-state index in [9.17, 15) is 9.59 Å². The number of halogens is 1. The molecule has 8 heteroatoms. The molecule has 0 aliphatic heterocycles. The number of benzene rings is 1. The molecular weight excluding hydrogens is 418 g/mol. The molecule has 0 aliphatic rings. The Hall–Kier alpha value is -2.58. The molecule has 2 aromatic heterocycles. The van der Waals surface area contributed by atoms with E-state index in [-0.39, 0.29) is 17.2 Å². The Balaban J connectivity index is 1.63. The maximum absolute atomic E-state index is 12.2. The number of anilines is 1. The van der Waals surface area contributed by atoms with Crippen molar-refractivity contribution in [3.05, 3.63) is 75.0 Å². The van der Waals surface area contributed by atoms with Gasteiger partial charge in [0.15, 0.2) is 5.13 Å². The summed E-state index contributed by atoms with van der Waals surface area (Å²) in [5.41, 5.74) is 1.65. The van der Waals surface area contributed by atoms with E-state index in [0.29, 0.717) is 5.13 Å². The third kappa shape index (κ3) is 4.53. The Morgan fingerprint density at radius 1 is 1.12 bits per heavy atom. The molecule has 3 aromatic rings. The summed E-state index contributed by atoms with van der Waals surface area (Å²) in [6.07, 6.45) is 3.80. The van der Waals surface area contributed by atoms with Gasteiger partial charge in [-0.1, -0.05) is 28.1 Å². The highest BCUT2D eigenvalue weighted by Crippen LogP contribution is 2.22. The van der Waals surface area contributed by atoms with Gasteiger partial charge in [-0.25, -0.2) is 9.78 Å². The zero-order valence-electron chi connectivity index (χ0n) is 13.7. The highest BCUT2D eigenvalue weighted by atomic mass is 79.9. The molecule has 0 bridgehead atoms. The van der Waals surface area contributed by atoms with Crippen molar-refractivity contribution >= 4 is 44.3 Å². The van der Waals surface area contributed by atoms with Crippen LogP contribution in [0.1, 0.15) is 31.3 Å². The Bertz CT molecular complexity index is 924. The van der Waals surface area contributed by atoms with Crippen molar-refractivity contribution in [2.24, 2.45) is 0 Å². The number of aromatic nitrogens is 2. The SMILES string of the molecule is COC(=O)c1ccc(C(=O)Nc2ncc(Cc3ccc(Br)cc3)s2)nc1. The van der Waals surface area contributed by atoms with Crippen LogP contribution in [0, 0.1) is 0 Å². The Labute approximate surface area is 162 Å². The van der Waals surface area contributed by atoms with E-state index in [1.54, 1.807) is 6.20 Å². The minimum Gasteiger partial charge on any atom is -0.465 e. The summed E-state index contributed by atoms with van der Waals surface area (Å²) in [4.78, 5) is 32.9. The zero-order chi connectivity index (χ0) is 18.5. The minimum atomic E-state index is -0.498. The number of nitrogens with zero attached hydrogens (tertiary/aromatic N) is 2. The maximum atomic E-state index is 12.2. The second-order valence-electron chi connectivity index (χ2n) is 5.31. The lowest BCUT2D eigenvalue weighted by atomic mass is 10.1. The van der Waals surface area contributed by atoms with Gasteiger partial charge >= 0.3 is 5.97 Å². The maximum Gasteiger partial charge on any atom is 0.339 e. The summed E-state index contributed by atoms with van der Waals surface area (Å²) in [6.45, 7) is 0. The van der Waals surface area contributed by atoms with Gasteiger partial charge in [-0.15, -0.1) is 11.3 Å². The quantitative estimate of drug-likeness (QED) is 0.618. The molecule has 1 amide bonds. The van der Waals surface area contributed by atoms with Crippen LogP contribution >= 0.6 is 27.3 Å². The molecule has 0 fully saturated rings. The third-order valence-corrected chi connectivity index (χ3v) is 4.92. The fourth-order valence-corrected chi connectivity index (χ4v) is 3.28. The van der Waals surface area contributed by atoms with Gasteiger partial charge in [0.05, 0.1) is 12.7 Å². The number of hydrogen-bond donors (Lipinski definition) is 1. The van der Waals surface area contributed by atoms with Crippen molar-refractivity contribution < 1.29 is 14.3 Å². The molecule has 2 heterocycles. The Morgan fingerprint density at radius 2 is 1.88 bits per heavy atom. The average Bonchev–Trinajstić information content (AvgIpc) is 3.10. The Morgan fingerprint density at radius 3 is 2.54 bits per heavy atom. The number of carbonyl (C=O) groups excluding carboxylic acids is 2. The number of rotatable bonds is 5. The summed E-state index contributed by atoms with van der Waals surface area (Å²) in [6, 6.07) is 11.0. The predicted molar refractivity (Wildman–Crippen MR) is 103 cm³/mol. The minimum absolute atomic E-state index is 0.197. The largest absolute Gasteiger partial charge is 0.465 e. The van der Waals surface area contributed by atoms with E-state index in [2.05, 4.69) is 36.0 Å². The Kier molecular flexibility index (Phi) is 5.75. The first-order valence-corrected chi connectivity index (χ1v) is 9.21. The number of amides is 1. The van der Waals surface area contributed by atoms with Crippen LogP contribution in [0.4, 0.5) is 5.13 Å². The van der Waals surface area contributed by atoms with Crippen LogP contribution in [0.5, 0.6) is 0 Å². The molecule has 1 aromatic carbocycles. The van der Waals surface area contributed by atoms with Crippen LogP contribution in [0.2, 0.25) is 0 Å². The van der Waals surface area contributed by atoms with Gasteiger partial charge in [0, 0.05) is 28.2 Å². The average molecular weight is 432 g/mol. The summed E-state index contributed by atoms with van der Waals surface area (Å²) in [5, 5.41) is 3.22. The van der Waals surface area contributed by atoms with Crippen LogP contribution in [0.15, 0.2) is 53.3 Å². The van der Waals surface area contributed by atoms with E-state index in [0.717, 1.165) is 21.3 Å². The van der Waals surface area contributed by atoms with E-state index in [1.165, 1.54) is 36.8 Å². The number of nitrogens with one attached hydrogen (secondary N) is 1. The van der Waals surface area contributed by atoms with Gasteiger partial charge in [-0.05, 0) is 29.8 Å². The van der Waals surface area contributed by atoms with E-state index >= 15 is 0 Å². The predicted octanol–water partition coefficient (Wildman–Crippen LogP) is 3.93. The molecule has 26 heavy (non-hydrogen) atoms. The number of methoxy groups -OCH3 is 1. The van der Waals surface area contributed by atoms with Gasteiger partial charge in [0.1, 0.15) is 5.69 Å². The number of hydrogen-bond acceptors (Lipinski definition) is 6. The van der Waals surface area contributed by atoms with Crippen LogP contribution in [-0.4, -0.2) is 29.0 Å². The molecular formula is C18H14BrN3O3S. The lowest BCUT2D eigenvalue weighted by Crippen LogP contribution is -2.14. The molecule has 0 saturated carbocycles. The fourth-order valence-electron chi connectivity index (χ4n) is 2.18. The first-order valence-electron chi connectivity index (χ1n) is 7.60. The molecule has 132 valence electrons. The topological polar surface area (TPSA) is 81.2 Å². The van der Waals surface area contributed by atoms with Gasteiger partial charge in [0.25, 0.3) is 5.91 Å². The number of pyridine rings is 1. The van der Waals surface area contributed by atoms with Crippen molar-refractivity contribution in [3.8, 4) is 0 Å². The molecule has 0 spiro atoms. The summed E-state index contributed by atoms with van der Waals surface area (Å²) in [7, 11) is 1.29. The standard InChI is InChI=1S/C18H14BrN3O3S/c1-25-17(24)12-4-7-15(20-9-12)16(23)22-18-21-10-14(26-18)8-11-2-5-13(19)6-3-11/h2-7,9-10H,8H2,1H3,(H,21,22,23). The first-order chi connectivity index (χ1) is 12.5. The summed E-state index contributed by atoms with van der Waals surface area (Å²) < 4.78 is 5.63. The van der Waals surface area contributed by atoms with Crippen LogP contribution in [0.25, 0.3) is 0 Å². The lowest BCUT2D eigenvalue weighted by Gasteiger charge is -2.02. The normalized spacial score (nSPS) is 10.4. The van der Waals surface area contributed by atoms with Crippen molar-refractivity contribution in [2.45, 2.75) is 6.42 Å². The van der Waals surface area contributed by atoms with Crippen LogP contribution in [-0.2, 0) is 11.2 Å². The second kappa shape index (κ2) is 8.20.